The SMILES string of the molecule is CC1=NNC(C)C1c1ccc2c(Nc3cc(C(=O)O)cc(C(=O)O)c3)c(C(=O)NCc3cccc(C(=O)O)c3)cnc2c1. The Morgan fingerprint density at radius 2 is 1.58 bits per heavy atom. The number of amides is 1. The highest BCUT2D eigenvalue weighted by molar-refractivity contribution is 6.09. The summed E-state index contributed by atoms with van der Waals surface area (Å²) in [7, 11) is 0. The van der Waals surface area contributed by atoms with E-state index < -0.39 is 23.8 Å². The van der Waals surface area contributed by atoms with E-state index in [2.05, 4.69) is 26.1 Å². The molecule has 12 heteroatoms. The molecule has 0 radical (unpaired) electrons. The fourth-order valence-corrected chi connectivity index (χ4v) is 5.13. The summed E-state index contributed by atoms with van der Waals surface area (Å²) < 4.78 is 0. The number of nitrogens with one attached hydrogen (secondary N) is 3. The number of carboxylic acid groups (broad SMARTS) is 3. The van der Waals surface area contributed by atoms with E-state index in [0.717, 1.165) is 17.3 Å². The van der Waals surface area contributed by atoms with Crippen LogP contribution in [0, 0.1) is 0 Å². The zero-order valence-electron chi connectivity index (χ0n) is 23.1. The van der Waals surface area contributed by atoms with Crippen LogP contribution in [-0.2, 0) is 6.54 Å². The van der Waals surface area contributed by atoms with E-state index in [9.17, 15) is 34.5 Å². The number of pyridine rings is 1. The first-order chi connectivity index (χ1) is 20.5. The summed E-state index contributed by atoms with van der Waals surface area (Å²) in [5.41, 5.74) is 6.20. The number of hydrogen-bond acceptors (Lipinski definition) is 8. The van der Waals surface area contributed by atoms with Crippen LogP contribution in [-0.4, -0.2) is 55.9 Å². The second-order valence-electron chi connectivity index (χ2n) is 10.2. The smallest absolute Gasteiger partial charge is 0.335 e. The number of nitrogens with zero attached hydrogens (tertiary/aromatic N) is 2. The summed E-state index contributed by atoms with van der Waals surface area (Å²) in [5, 5.41) is 39.1. The molecule has 218 valence electrons. The van der Waals surface area contributed by atoms with E-state index in [-0.39, 0.29) is 52.1 Å². The van der Waals surface area contributed by atoms with E-state index in [1.807, 2.05) is 26.0 Å². The largest absolute Gasteiger partial charge is 0.478 e. The lowest BCUT2D eigenvalue weighted by molar-refractivity contribution is 0.0682. The third-order valence-corrected chi connectivity index (χ3v) is 7.21. The normalized spacial score (nSPS) is 15.8. The van der Waals surface area contributed by atoms with Gasteiger partial charge in [0.25, 0.3) is 5.91 Å². The maximum atomic E-state index is 13.5. The second kappa shape index (κ2) is 11.6. The molecule has 4 aromatic rings. The minimum Gasteiger partial charge on any atom is -0.478 e. The Morgan fingerprint density at radius 1 is 0.884 bits per heavy atom. The molecule has 0 bridgehead atoms. The lowest BCUT2D eigenvalue weighted by Crippen LogP contribution is -2.24. The number of anilines is 2. The maximum absolute atomic E-state index is 13.5. The van der Waals surface area contributed by atoms with Crippen LogP contribution in [0.4, 0.5) is 11.4 Å². The molecule has 0 spiro atoms. The number of aromatic carboxylic acids is 3. The fraction of sp³-hybridized carbons (Fsp3) is 0.161. The molecule has 3 aromatic carbocycles. The molecule has 0 fully saturated rings. The van der Waals surface area contributed by atoms with Crippen molar-refractivity contribution in [2.45, 2.75) is 32.4 Å². The van der Waals surface area contributed by atoms with Gasteiger partial charge in [0.05, 0.1) is 39.5 Å². The molecule has 1 amide bonds. The first kappa shape index (κ1) is 28.7. The van der Waals surface area contributed by atoms with Crippen molar-refractivity contribution in [2.24, 2.45) is 5.10 Å². The molecule has 2 atom stereocenters. The lowest BCUT2D eigenvalue weighted by Gasteiger charge is -2.19. The van der Waals surface area contributed by atoms with Crippen molar-refractivity contribution in [2.75, 3.05) is 5.32 Å². The zero-order valence-corrected chi connectivity index (χ0v) is 23.1. The van der Waals surface area contributed by atoms with Crippen molar-refractivity contribution in [3.63, 3.8) is 0 Å². The van der Waals surface area contributed by atoms with Crippen molar-refractivity contribution in [3.8, 4) is 0 Å². The summed E-state index contributed by atoms with van der Waals surface area (Å²) in [6, 6.07) is 15.4. The molecule has 1 aliphatic heterocycles. The molecule has 1 aromatic heterocycles. The molecule has 5 rings (SSSR count). The quantitative estimate of drug-likeness (QED) is 0.165. The van der Waals surface area contributed by atoms with Gasteiger partial charge in [-0.3, -0.25) is 9.78 Å². The number of fused-ring (bicyclic) bond motifs is 1. The molecule has 0 saturated heterocycles. The third-order valence-electron chi connectivity index (χ3n) is 7.21. The predicted octanol–water partition coefficient (Wildman–Crippen LogP) is 4.45. The molecule has 43 heavy (non-hydrogen) atoms. The molecule has 0 aliphatic carbocycles. The van der Waals surface area contributed by atoms with Crippen LogP contribution in [0.15, 0.2) is 72.0 Å². The molecule has 2 heterocycles. The molecule has 6 N–H and O–H groups in total. The minimum absolute atomic E-state index is 0.0116. The van der Waals surface area contributed by atoms with Gasteiger partial charge >= 0.3 is 17.9 Å². The highest BCUT2D eigenvalue weighted by Gasteiger charge is 2.28. The highest BCUT2D eigenvalue weighted by Crippen LogP contribution is 2.34. The Balaban J connectivity index is 1.57. The van der Waals surface area contributed by atoms with Crippen LogP contribution in [0.25, 0.3) is 10.9 Å². The minimum atomic E-state index is -1.31. The van der Waals surface area contributed by atoms with Crippen LogP contribution >= 0.6 is 0 Å². The van der Waals surface area contributed by atoms with Crippen LogP contribution in [0.1, 0.15) is 72.3 Å². The van der Waals surface area contributed by atoms with Gasteiger partial charge in [-0.25, -0.2) is 14.4 Å². The number of hydrogen-bond donors (Lipinski definition) is 6. The topological polar surface area (TPSA) is 190 Å². The summed E-state index contributed by atoms with van der Waals surface area (Å²) in [6.45, 7) is 3.98. The number of hydrazone groups is 1. The molecule has 12 nitrogen and oxygen atoms in total. The number of carbonyl (C=O) groups excluding carboxylic acids is 1. The Morgan fingerprint density at radius 3 is 2.21 bits per heavy atom. The number of benzene rings is 3. The zero-order chi connectivity index (χ0) is 30.8. The van der Waals surface area contributed by atoms with E-state index >= 15 is 0 Å². The second-order valence-corrected chi connectivity index (χ2v) is 10.2. The monoisotopic (exact) mass is 581 g/mol. The third kappa shape index (κ3) is 5.98. The number of carboxylic acids is 3. The van der Waals surface area contributed by atoms with E-state index in [1.54, 1.807) is 18.2 Å². The Kier molecular flexibility index (Phi) is 7.76. The van der Waals surface area contributed by atoms with Gasteiger partial charge in [-0.1, -0.05) is 24.3 Å². The number of aromatic nitrogens is 1. The first-order valence-electron chi connectivity index (χ1n) is 13.2. The highest BCUT2D eigenvalue weighted by atomic mass is 16.4. The summed E-state index contributed by atoms with van der Waals surface area (Å²) in [4.78, 5) is 52.8. The molecule has 1 aliphatic rings. The summed E-state index contributed by atoms with van der Waals surface area (Å²) in [5.74, 6) is -4.24. The van der Waals surface area contributed by atoms with Crippen molar-refractivity contribution < 1.29 is 34.5 Å². The molecule has 2 unspecified atom stereocenters. The number of carbonyl (C=O) groups is 4. The summed E-state index contributed by atoms with van der Waals surface area (Å²) in [6.07, 6.45) is 1.38. The van der Waals surface area contributed by atoms with Crippen LogP contribution in [0.2, 0.25) is 0 Å². The van der Waals surface area contributed by atoms with Crippen LogP contribution in [0.5, 0.6) is 0 Å². The number of rotatable bonds is 9. The lowest BCUT2D eigenvalue weighted by atomic mass is 9.89. The van der Waals surface area contributed by atoms with E-state index in [1.165, 1.54) is 30.5 Å². The van der Waals surface area contributed by atoms with E-state index in [4.69, 9.17) is 0 Å². The standard InChI is InChI=1S/C31H27N5O7/c1-15-26(16(2)36-35-15)18-6-7-23-25(12-18)32-14-24(28(37)33-13-17-4-3-5-19(8-17)29(38)39)27(23)34-22-10-20(30(40)41)9-21(11-22)31(42)43/h3-12,14-15,26,35H,13H2,1-2H3,(H,32,34)(H,33,37)(H,38,39)(H,40,41)(H,42,43). The van der Waals surface area contributed by atoms with Gasteiger partial charge in [0.2, 0.25) is 0 Å². The van der Waals surface area contributed by atoms with Crippen molar-refractivity contribution in [1.82, 2.24) is 15.7 Å². The Labute approximate surface area is 245 Å². The Bertz CT molecular complexity index is 1800. The van der Waals surface area contributed by atoms with Crippen LogP contribution in [0.3, 0.4) is 0 Å². The average Bonchev–Trinajstić information content (AvgIpc) is 3.32. The van der Waals surface area contributed by atoms with Crippen LogP contribution < -0.4 is 16.1 Å². The van der Waals surface area contributed by atoms with Crippen molar-refractivity contribution >= 4 is 51.8 Å². The van der Waals surface area contributed by atoms with Gasteiger partial charge in [-0.15, -0.1) is 0 Å². The van der Waals surface area contributed by atoms with Crippen molar-refractivity contribution in [3.05, 3.63) is 100 Å². The summed E-state index contributed by atoms with van der Waals surface area (Å²) >= 11 is 0. The van der Waals surface area contributed by atoms with Crippen molar-refractivity contribution in [1.29, 1.82) is 0 Å². The van der Waals surface area contributed by atoms with Gasteiger partial charge in [0, 0.05) is 35.4 Å². The predicted molar refractivity (Wildman–Crippen MR) is 158 cm³/mol. The Hall–Kier alpha value is -5.78. The average molecular weight is 582 g/mol. The molecular weight excluding hydrogens is 554 g/mol. The van der Waals surface area contributed by atoms with Gasteiger partial charge in [0.1, 0.15) is 0 Å². The van der Waals surface area contributed by atoms with Gasteiger partial charge < -0.3 is 31.4 Å². The van der Waals surface area contributed by atoms with Gasteiger partial charge in [-0.05, 0) is 61.4 Å². The van der Waals surface area contributed by atoms with E-state index in [0.29, 0.717) is 16.5 Å². The molecular formula is C31H27N5O7. The van der Waals surface area contributed by atoms with Gasteiger partial charge in [0.15, 0.2) is 0 Å². The molecule has 0 saturated carbocycles. The first-order valence-corrected chi connectivity index (χ1v) is 13.2. The van der Waals surface area contributed by atoms with Gasteiger partial charge in [-0.2, -0.15) is 5.10 Å². The fourth-order valence-electron chi connectivity index (χ4n) is 5.13. The maximum Gasteiger partial charge on any atom is 0.335 e.